The number of carbonyl (C=O) groups is 1. The summed E-state index contributed by atoms with van der Waals surface area (Å²) in [5.74, 6) is -0.401. The van der Waals surface area contributed by atoms with Gasteiger partial charge in [0.15, 0.2) is 0 Å². The van der Waals surface area contributed by atoms with Crippen LogP contribution in [-0.4, -0.2) is 55.2 Å². The monoisotopic (exact) mass is 371 g/mol. The lowest BCUT2D eigenvalue weighted by Gasteiger charge is -2.32. The van der Waals surface area contributed by atoms with Crippen LogP contribution in [0.15, 0.2) is 23.8 Å². The van der Waals surface area contributed by atoms with Gasteiger partial charge in [-0.2, -0.15) is 5.10 Å². The number of fused-ring (bicyclic) bond motifs is 1. The maximum absolute atomic E-state index is 12.2. The summed E-state index contributed by atoms with van der Waals surface area (Å²) < 4.78 is 17.3. The van der Waals surface area contributed by atoms with E-state index in [1.807, 2.05) is 46.9 Å². The number of aromatic nitrogens is 2. The molecular weight excluding hydrogens is 345 g/mol. The summed E-state index contributed by atoms with van der Waals surface area (Å²) in [5, 5.41) is 10.8. The zero-order chi connectivity index (χ0) is 19.8. The molecule has 0 spiro atoms. The summed E-state index contributed by atoms with van der Waals surface area (Å²) in [6.45, 7) is 8.68. The van der Waals surface area contributed by atoms with Crippen molar-refractivity contribution in [2.75, 3.05) is 20.7 Å². The molecule has 2 aromatic rings. The Labute approximate surface area is 159 Å². The molecule has 0 amide bonds. The number of benzene rings is 1. The molecule has 0 bridgehead atoms. The lowest BCUT2D eigenvalue weighted by molar-refractivity contribution is 0.00578. The van der Waals surface area contributed by atoms with E-state index in [4.69, 9.17) is 14.0 Å². The van der Waals surface area contributed by atoms with E-state index in [1.54, 1.807) is 12.3 Å². The Morgan fingerprint density at radius 3 is 2.56 bits per heavy atom. The maximum atomic E-state index is 12.2. The van der Waals surface area contributed by atoms with Crippen LogP contribution in [0.25, 0.3) is 17.0 Å². The third kappa shape index (κ3) is 3.65. The Morgan fingerprint density at radius 2 is 1.96 bits per heavy atom. The predicted octanol–water partition coefficient (Wildman–Crippen LogP) is 2.58. The minimum atomic E-state index is -0.471. The van der Waals surface area contributed by atoms with Crippen LogP contribution in [0.2, 0.25) is 0 Å². The van der Waals surface area contributed by atoms with Crippen molar-refractivity contribution in [3.63, 3.8) is 0 Å². The highest BCUT2D eigenvalue weighted by Crippen LogP contribution is 2.38. The first-order chi connectivity index (χ1) is 12.7. The van der Waals surface area contributed by atoms with E-state index in [-0.39, 0.29) is 0 Å². The fourth-order valence-corrected chi connectivity index (χ4v) is 3.05. The SMILES string of the molecule is CNCC(=Cc1cc(C(=O)OC)c2cn[nH]c2c1)B1OC(C)(C)C(C)(C)O1. The van der Waals surface area contributed by atoms with Crippen LogP contribution < -0.4 is 5.32 Å². The minimum Gasteiger partial charge on any atom is -0.465 e. The zero-order valence-corrected chi connectivity index (χ0v) is 16.7. The molecule has 1 saturated heterocycles. The Kier molecular flexibility index (Phi) is 5.16. The summed E-state index contributed by atoms with van der Waals surface area (Å²) in [4.78, 5) is 12.2. The largest absolute Gasteiger partial charge is 0.491 e. The second-order valence-corrected chi connectivity index (χ2v) is 7.73. The first kappa shape index (κ1) is 19.6. The molecule has 0 atom stereocenters. The van der Waals surface area contributed by atoms with E-state index < -0.39 is 24.3 Å². The standard InChI is InChI=1S/C19H26BN3O4/c1-18(2)19(3,4)27-20(26-18)13(10-21-5)7-12-8-14(17(24)25-6)15-11-22-23-16(15)9-12/h7-9,11,21H,10H2,1-6H3,(H,22,23). The van der Waals surface area contributed by atoms with Crippen molar-refractivity contribution < 1.29 is 18.8 Å². The van der Waals surface area contributed by atoms with Gasteiger partial charge in [-0.05, 0) is 57.9 Å². The van der Waals surface area contributed by atoms with Crippen molar-refractivity contribution in [1.29, 1.82) is 0 Å². The van der Waals surface area contributed by atoms with Crippen molar-refractivity contribution in [2.24, 2.45) is 0 Å². The number of aromatic amines is 1. The van der Waals surface area contributed by atoms with Gasteiger partial charge in [-0.25, -0.2) is 4.79 Å². The molecule has 0 aliphatic carbocycles. The van der Waals surface area contributed by atoms with Crippen LogP contribution in [0.5, 0.6) is 0 Å². The van der Waals surface area contributed by atoms with E-state index in [9.17, 15) is 4.79 Å². The summed E-state index contributed by atoms with van der Waals surface area (Å²) in [7, 11) is 2.77. The average molecular weight is 371 g/mol. The normalized spacial score (nSPS) is 18.9. The van der Waals surface area contributed by atoms with Crippen LogP contribution in [0.1, 0.15) is 43.6 Å². The van der Waals surface area contributed by atoms with Crippen molar-refractivity contribution in [3.05, 3.63) is 34.9 Å². The highest BCUT2D eigenvalue weighted by molar-refractivity contribution is 6.56. The number of likely N-dealkylation sites (N-methyl/N-ethyl adjacent to an activating group) is 1. The summed E-state index contributed by atoms with van der Waals surface area (Å²) >= 11 is 0. The second kappa shape index (κ2) is 7.11. The number of H-pyrrole nitrogens is 1. The number of methoxy groups -OCH3 is 1. The van der Waals surface area contributed by atoms with Gasteiger partial charge in [-0.1, -0.05) is 6.08 Å². The Morgan fingerprint density at radius 1 is 1.30 bits per heavy atom. The van der Waals surface area contributed by atoms with Crippen LogP contribution in [0.4, 0.5) is 0 Å². The third-order valence-corrected chi connectivity index (χ3v) is 5.28. The number of hydrogen-bond acceptors (Lipinski definition) is 6. The molecule has 0 saturated carbocycles. The summed E-state index contributed by atoms with van der Waals surface area (Å²) in [6, 6.07) is 3.74. The highest BCUT2D eigenvalue weighted by Gasteiger charge is 2.52. The lowest BCUT2D eigenvalue weighted by Crippen LogP contribution is -2.41. The van der Waals surface area contributed by atoms with Crippen molar-refractivity contribution in [2.45, 2.75) is 38.9 Å². The zero-order valence-electron chi connectivity index (χ0n) is 16.7. The van der Waals surface area contributed by atoms with Crippen molar-refractivity contribution in [1.82, 2.24) is 15.5 Å². The molecular formula is C19H26BN3O4. The quantitative estimate of drug-likeness (QED) is 0.621. The van der Waals surface area contributed by atoms with Gasteiger partial charge < -0.3 is 19.4 Å². The van der Waals surface area contributed by atoms with Gasteiger partial charge >= 0.3 is 13.1 Å². The molecule has 144 valence electrons. The molecule has 0 radical (unpaired) electrons. The van der Waals surface area contributed by atoms with Crippen LogP contribution in [-0.2, 0) is 14.0 Å². The summed E-state index contributed by atoms with van der Waals surface area (Å²) in [5.41, 5.74) is 2.16. The highest BCUT2D eigenvalue weighted by atomic mass is 16.7. The molecule has 8 heteroatoms. The number of esters is 1. The minimum absolute atomic E-state index is 0.401. The first-order valence-corrected chi connectivity index (χ1v) is 8.94. The molecule has 27 heavy (non-hydrogen) atoms. The number of nitrogens with zero attached hydrogens (tertiary/aromatic N) is 1. The molecule has 2 heterocycles. The van der Waals surface area contributed by atoms with Crippen LogP contribution in [0, 0.1) is 0 Å². The molecule has 0 unspecified atom stereocenters. The third-order valence-electron chi connectivity index (χ3n) is 5.28. The Hall–Kier alpha value is -2.16. The van der Waals surface area contributed by atoms with E-state index >= 15 is 0 Å². The van der Waals surface area contributed by atoms with E-state index in [0.29, 0.717) is 12.1 Å². The Bertz CT molecular complexity index is 872. The van der Waals surface area contributed by atoms with Gasteiger partial charge in [0.2, 0.25) is 0 Å². The molecule has 1 fully saturated rings. The molecule has 1 aromatic heterocycles. The average Bonchev–Trinajstić information content (AvgIpc) is 3.15. The smallest absolute Gasteiger partial charge is 0.465 e. The maximum Gasteiger partial charge on any atom is 0.491 e. The van der Waals surface area contributed by atoms with Gasteiger partial charge in [-0.3, -0.25) is 5.10 Å². The van der Waals surface area contributed by atoms with Crippen molar-refractivity contribution >= 4 is 30.1 Å². The van der Waals surface area contributed by atoms with Gasteiger partial charge in [-0.15, -0.1) is 0 Å². The Balaban J connectivity index is 2.03. The molecule has 1 aliphatic rings. The van der Waals surface area contributed by atoms with Gasteiger partial charge in [0.25, 0.3) is 0 Å². The first-order valence-electron chi connectivity index (χ1n) is 8.94. The molecule has 1 aliphatic heterocycles. The van der Waals surface area contributed by atoms with E-state index in [1.165, 1.54) is 7.11 Å². The number of rotatable bonds is 5. The number of ether oxygens (including phenoxy) is 1. The number of nitrogens with one attached hydrogen (secondary N) is 2. The molecule has 1 aromatic carbocycles. The molecule has 7 nitrogen and oxygen atoms in total. The second-order valence-electron chi connectivity index (χ2n) is 7.73. The topological polar surface area (TPSA) is 85.5 Å². The van der Waals surface area contributed by atoms with E-state index in [2.05, 4.69) is 15.5 Å². The molecule has 3 rings (SSSR count). The molecule has 2 N–H and O–H groups in total. The van der Waals surface area contributed by atoms with Gasteiger partial charge in [0, 0.05) is 11.9 Å². The fourth-order valence-electron chi connectivity index (χ4n) is 3.05. The van der Waals surface area contributed by atoms with Crippen LogP contribution in [0.3, 0.4) is 0 Å². The summed E-state index contributed by atoms with van der Waals surface area (Å²) in [6.07, 6.45) is 3.60. The van der Waals surface area contributed by atoms with Crippen LogP contribution >= 0.6 is 0 Å². The van der Waals surface area contributed by atoms with Crippen molar-refractivity contribution in [3.8, 4) is 0 Å². The van der Waals surface area contributed by atoms with Gasteiger partial charge in [0.1, 0.15) is 0 Å². The number of carbonyl (C=O) groups excluding carboxylic acids is 1. The van der Waals surface area contributed by atoms with Gasteiger partial charge in [0.05, 0.1) is 35.6 Å². The lowest BCUT2D eigenvalue weighted by atomic mass is 9.77. The predicted molar refractivity (Wildman–Crippen MR) is 105 cm³/mol. The number of hydrogen-bond donors (Lipinski definition) is 2. The van der Waals surface area contributed by atoms with E-state index in [0.717, 1.165) is 21.9 Å². The fraction of sp³-hybridized carbons (Fsp3) is 0.474.